The first-order valence-electron chi connectivity index (χ1n) is 17.5. The van der Waals surface area contributed by atoms with Crippen LogP contribution in [0, 0.1) is 29.1 Å². The van der Waals surface area contributed by atoms with Crippen LogP contribution in [0.4, 0.5) is 22.0 Å². The second-order valence-corrected chi connectivity index (χ2v) is 10.6. The second kappa shape index (κ2) is 34.7. The molecule has 0 aliphatic carbocycles. The smallest absolute Gasteiger partial charge is 0.313 e. The predicted octanol–water partition coefficient (Wildman–Crippen LogP) is 4.05. The van der Waals surface area contributed by atoms with Crippen LogP contribution in [0.25, 0.3) is 0 Å². The molecule has 0 fully saturated rings. The molecular weight excluding hydrogens is 711 g/mol. The molecule has 1 aromatic rings. The van der Waals surface area contributed by atoms with Crippen LogP contribution in [0.15, 0.2) is 0 Å². The lowest BCUT2D eigenvalue weighted by Crippen LogP contribution is -2.16. The third kappa shape index (κ3) is 25.8. The first-order valence-corrected chi connectivity index (χ1v) is 17.5. The van der Waals surface area contributed by atoms with E-state index in [1.54, 1.807) is 0 Å². The Kier molecular flexibility index (Phi) is 31.9. The van der Waals surface area contributed by atoms with Gasteiger partial charge in [0.25, 0.3) is 0 Å². The van der Waals surface area contributed by atoms with E-state index in [1.807, 2.05) is 0 Å². The van der Waals surface area contributed by atoms with Crippen molar-refractivity contribution >= 4 is 5.97 Å². The molecule has 0 saturated heterocycles. The SMILES string of the molecule is CCCCCOCCOCCOCCOCCOCCOCCOCCOCCOCCOCCOCCC(=O)Oc1c(F)c(F)c(F)c(F)c1F. The van der Waals surface area contributed by atoms with Gasteiger partial charge in [-0.2, -0.15) is 8.78 Å². The Hall–Kier alpha value is -2.10. The standard InChI is InChI=1S/C34H55F5O13/c1-2-3-4-6-41-8-10-43-12-14-45-16-18-47-20-22-49-24-26-51-27-25-50-23-21-48-19-17-46-15-13-44-11-9-42-7-5-28(40)52-34-32(38)30(36)29(35)31(37)33(34)39/h2-27H2,1H3. The zero-order chi connectivity index (χ0) is 37.9. The van der Waals surface area contributed by atoms with Gasteiger partial charge in [-0.05, 0) is 6.42 Å². The van der Waals surface area contributed by atoms with Crippen molar-refractivity contribution in [2.75, 3.05) is 145 Å². The van der Waals surface area contributed by atoms with Crippen molar-refractivity contribution in [3.63, 3.8) is 0 Å². The summed E-state index contributed by atoms with van der Waals surface area (Å²) in [4.78, 5) is 11.6. The summed E-state index contributed by atoms with van der Waals surface area (Å²) in [7, 11) is 0. The molecule has 1 rings (SSSR count). The third-order valence-electron chi connectivity index (χ3n) is 6.45. The average Bonchev–Trinajstić information content (AvgIpc) is 3.14. The molecule has 0 amide bonds. The number of carbonyl (C=O) groups is 1. The quantitative estimate of drug-likeness (QED) is 0.0240. The molecule has 0 saturated carbocycles. The molecule has 0 atom stereocenters. The summed E-state index contributed by atoms with van der Waals surface area (Å²) < 4.78 is 130. The minimum Gasteiger partial charge on any atom is -0.420 e. The summed E-state index contributed by atoms with van der Waals surface area (Å²) in [5.41, 5.74) is 0. The number of ether oxygens (including phenoxy) is 12. The van der Waals surface area contributed by atoms with Crippen molar-refractivity contribution in [3.05, 3.63) is 29.1 Å². The Morgan fingerprint density at radius 3 is 0.904 bits per heavy atom. The fourth-order valence-corrected chi connectivity index (χ4v) is 3.75. The molecule has 0 spiro atoms. The van der Waals surface area contributed by atoms with Crippen molar-refractivity contribution in [1.82, 2.24) is 0 Å². The van der Waals surface area contributed by atoms with Gasteiger partial charge in [-0.25, -0.2) is 13.2 Å². The maximum atomic E-state index is 13.5. The van der Waals surface area contributed by atoms with Crippen LogP contribution < -0.4 is 4.74 Å². The van der Waals surface area contributed by atoms with Gasteiger partial charge in [-0.15, -0.1) is 0 Å². The van der Waals surface area contributed by atoms with Crippen LogP contribution in [0.5, 0.6) is 5.75 Å². The van der Waals surface area contributed by atoms with Gasteiger partial charge in [0, 0.05) is 6.61 Å². The number of benzene rings is 1. The summed E-state index contributed by atoms with van der Waals surface area (Å²) in [6, 6.07) is 0. The van der Waals surface area contributed by atoms with E-state index in [0.717, 1.165) is 13.0 Å². The van der Waals surface area contributed by atoms with E-state index < -0.39 is 47.2 Å². The van der Waals surface area contributed by atoms with Gasteiger partial charge in [-0.1, -0.05) is 19.8 Å². The van der Waals surface area contributed by atoms with E-state index in [4.69, 9.17) is 52.1 Å². The molecule has 304 valence electrons. The molecular formula is C34H55F5O13. The van der Waals surface area contributed by atoms with Gasteiger partial charge in [0.15, 0.2) is 0 Å². The summed E-state index contributed by atoms with van der Waals surface area (Å²) in [5.74, 6) is -14.1. The van der Waals surface area contributed by atoms with E-state index >= 15 is 0 Å². The highest BCUT2D eigenvalue weighted by Crippen LogP contribution is 2.29. The highest BCUT2D eigenvalue weighted by Gasteiger charge is 2.28. The van der Waals surface area contributed by atoms with Crippen molar-refractivity contribution in [3.8, 4) is 5.75 Å². The number of unbranched alkanes of at least 4 members (excludes halogenated alkanes) is 2. The maximum Gasteiger partial charge on any atom is 0.313 e. The first kappa shape index (κ1) is 47.9. The molecule has 0 heterocycles. The van der Waals surface area contributed by atoms with Gasteiger partial charge in [0.2, 0.25) is 34.8 Å². The summed E-state index contributed by atoms with van der Waals surface area (Å²) in [5, 5.41) is 0. The van der Waals surface area contributed by atoms with E-state index in [9.17, 15) is 26.7 Å². The predicted molar refractivity (Wildman–Crippen MR) is 175 cm³/mol. The zero-order valence-electron chi connectivity index (χ0n) is 30.1. The first-order chi connectivity index (χ1) is 25.4. The van der Waals surface area contributed by atoms with Gasteiger partial charge >= 0.3 is 5.97 Å². The number of hydrogen-bond donors (Lipinski definition) is 0. The zero-order valence-corrected chi connectivity index (χ0v) is 30.1. The molecule has 0 N–H and O–H groups in total. The second-order valence-electron chi connectivity index (χ2n) is 10.6. The summed E-state index contributed by atoms with van der Waals surface area (Å²) in [6.07, 6.45) is 2.99. The van der Waals surface area contributed by atoms with Crippen LogP contribution in [-0.2, 0) is 56.9 Å². The Morgan fingerprint density at radius 1 is 0.365 bits per heavy atom. The molecule has 52 heavy (non-hydrogen) atoms. The lowest BCUT2D eigenvalue weighted by atomic mass is 10.2. The van der Waals surface area contributed by atoms with E-state index in [-0.39, 0.29) is 26.4 Å². The topological polar surface area (TPSA) is 128 Å². The van der Waals surface area contributed by atoms with Crippen LogP contribution in [0.3, 0.4) is 0 Å². The molecule has 0 aliphatic heterocycles. The Labute approximate surface area is 302 Å². The minimum absolute atomic E-state index is 0.0816. The summed E-state index contributed by atoms with van der Waals surface area (Å²) >= 11 is 0. The Morgan fingerprint density at radius 2 is 0.615 bits per heavy atom. The summed E-state index contributed by atoms with van der Waals surface area (Å²) in [6.45, 7) is 11.1. The number of esters is 1. The van der Waals surface area contributed by atoms with Crippen molar-refractivity contribution < 1.29 is 83.6 Å². The maximum absolute atomic E-state index is 13.5. The van der Waals surface area contributed by atoms with Crippen molar-refractivity contribution in [2.45, 2.75) is 32.6 Å². The molecule has 0 unspecified atom stereocenters. The molecule has 0 aromatic heterocycles. The molecule has 18 heteroatoms. The Bertz CT molecular complexity index is 984. The molecule has 1 aromatic carbocycles. The average molecular weight is 767 g/mol. The molecule has 0 bridgehead atoms. The van der Waals surface area contributed by atoms with Crippen LogP contribution in [-0.4, -0.2) is 151 Å². The van der Waals surface area contributed by atoms with Gasteiger partial charge in [0.1, 0.15) is 0 Å². The van der Waals surface area contributed by atoms with E-state index in [2.05, 4.69) is 11.7 Å². The van der Waals surface area contributed by atoms with Gasteiger partial charge in [-0.3, -0.25) is 4.79 Å². The highest BCUT2D eigenvalue weighted by molar-refractivity contribution is 5.72. The lowest BCUT2D eigenvalue weighted by Gasteiger charge is -2.09. The van der Waals surface area contributed by atoms with Gasteiger partial charge in [0.05, 0.1) is 145 Å². The fraction of sp³-hybridized carbons (Fsp3) is 0.794. The number of hydrogen-bond acceptors (Lipinski definition) is 13. The molecule has 0 aliphatic rings. The van der Waals surface area contributed by atoms with Crippen LogP contribution >= 0.6 is 0 Å². The van der Waals surface area contributed by atoms with E-state index in [1.165, 1.54) is 12.8 Å². The van der Waals surface area contributed by atoms with E-state index in [0.29, 0.717) is 112 Å². The van der Waals surface area contributed by atoms with Crippen LogP contribution in [0.1, 0.15) is 32.6 Å². The van der Waals surface area contributed by atoms with Gasteiger partial charge < -0.3 is 56.8 Å². The number of halogens is 5. The Balaban J connectivity index is 1.73. The van der Waals surface area contributed by atoms with Crippen molar-refractivity contribution in [2.24, 2.45) is 0 Å². The largest absolute Gasteiger partial charge is 0.420 e. The number of rotatable bonds is 38. The minimum atomic E-state index is -2.35. The number of carbonyl (C=O) groups excluding carboxylic acids is 1. The normalized spacial score (nSPS) is 11.5. The van der Waals surface area contributed by atoms with Crippen LogP contribution in [0.2, 0.25) is 0 Å². The monoisotopic (exact) mass is 766 g/mol. The van der Waals surface area contributed by atoms with Crippen molar-refractivity contribution in [1.29, 1.82) is 0 Å². The molecule has 13 nitrogen and oxygen atoms in total. The molecule has 0 radical (unpaired) electrons. The lowest BCUT2D eigenvalue weighted by molar-refractivity contribution is -0.136. The fourth-order valence-electron chi connectivity index (χ4n) is 3.75. The third-order valence-corrected chi connectivity index (χ3v) is 6.45. The highest BCUT2D eigenvalue weighted by atomic mass is 19.2.